The summed E-state index contributed by atoms with van der Waals surface area (Å²) in [6.45, 7) is 3.79. The Balaban J connectivity index is 2.21. The first-order chi connectivity index (χ1) is 8.72. The molecule has 0 aliphatic carbocycles. The molecule has 18 heavy (non-hydrogen) atoms. The van der Waals surface area contributed by atoms with Gasteiger partial charge in [0.05, 0.1) is 6.54 Å². The van der Waals surface area contributed by atoms with Gasteiger partial charge in [0.25, 0.3) is 0 Å². The van der Waals surface area contributed by atoms with Gasteiger partial charge in [-0.3, -0.25) is 0 Å². The topological polar surface area (TPSA) is 17.0 Å². The molecule has 96 valence electrons. The van der Waals surface area contributed by atoms with Gasteiger partial charge in [0.15, 0.2) is 0 Å². The van der Waals surface area contributed by atoms with Crippen molar-refractivity contribution in [2.45, 2.75) is 20.0 Å². The molecule has 1 aromatic heterocycles. The molecule has 1 aromatic carbocycles. The Kier molecular flexibility index (Phi) is 4.10. The number of halogens is 2. The first-order valence-corrected chi connectivity index (χ1v) is 6.00. The van der Waals surface area contributed by atoms with Gasteiger partial charge < -0.3 is 9.88 Å². The van der Waals surface area contributed by atoms with Gasteiger partial charge in [-0.1, -0.05) is 13.0 Å². The van der Waals surface area contributed by atoms with Gasteiger partial charge in [-0.25, -0.2) is 8.78 Å². The van der Waals surface area contributed by atoms with E-state index in [0.29, 0.717) is 6.54 Å². The normalized spacial score (nSPS) is 10.8. The number of aromatic nitrogens is 1. The molecule has 2 rings (SSSR count). The molecule has 0 saturated carbocycles. The van der Waals surface area contributed by atoms with Gasteiger partial charge in [-0.15, -0.1) is 0 Å². The maximum absolute atomic E-state index is 13.6. The van der Waals surface area contributed by atoms with Crippen LogP contribution in [-0.2, 0) is 13.1 Å². The van der Waals surface area contributed by atoms with E-state index in [2.05, 4.69) is 5.32 Å². The Morgan fingerprint density at radius 3 is 2.50 bits per heavy atom. The Hall–Kier alpha value is -1.68. The molecule has 4 heteroatoms. The molecule has 0 unspecified atom stereocenters. The molecule has 0 spiro atoms. The lowest BCUT2D eigenvalue weighted by atomic mass is 10.2. The molecule has 2 nitrogen and oxygen atoms in total. The number of hydrogen-bond acceptors (Lipinski definition) is 1. The van der Waals surface area contributed by atoms with Gasteiger partial charge in [0.1, 0.15) is 11.6 Å². The number of hydrogen-bond donors (Lipinski definition) is 1. The second kappa shape index (κ2) is 5.78. The van der Waals surface area contributed by atoms with Gasteiger partial charge in [0.2, 0.25) is 0 Å². The van der Waals surface area contributed by atoms with Crippen LogP contribution in [0.5, 0.6) is 0 Å². The Labute approximate surface area is 105 Å². The third kappa shape index (κ3) is 2.76. The summed E-state index contributed by atoms with van der Waals surface area (Å²) in [5, 5.41) is 3.20. The maximum Gasteiger partial charge on any atom is 0.131 e. The SMILES string of the molecule is CCNCc1cccn1Cc1c(F)cccc1F. The summed E-state index contributed by atoms with van der Waals surface area (Å²) < 4.78 is 29.0. The van der Waals surface area contributed by atoms with Crippen molar-refractivity contribution >= 4 is 0 Å². The van der Waals surface area contributed by atoms with Gasteiger partial charge in [-0.05, 0) is 30.8 Å². The van der Waals surface area contributed by atoms with Crippen LogP contribution in [0.4, 0.5) is 8.78 Å². The standard InChI is InChI=1S/C14H16F2N2/c1-2-17-9-11-5-4-8-18(11)10-12-13(15)6-3-7-14(12)16/h3-8,17H,2,9-10H2,1H3. The molecule has 0 aliphatic rings. The molecule has 1 heterocycles. The number of rotatable bonds is 5. The zero-order chi connectivity index (χ0) is 13.0. The average Bonchev–Trinajstić information content (AvgIpc) is 2.79. The molecule has 0 aliphatic heterocycles. The smallest absolute Gasteiger partial charge is 0.131 e. The summed E-state index contributed by atoms with van der Waals surface area (Å²) in [4.78, 5) is 0. The molecule has 0 saturated heterocycles. The van der Waals surface area contributed by atoms with E-state index in [1.165, 1.54) is 18.2 Å². The molecular weight excluding hydrogens is 234 g/mol. The lowest BCUT2D eigenvalue weighted by molar-refractivity contribution is 0.539. The minimum atomic E-state index is -0.502. The molecule has 0 bridgehead atoms. The molecule has 2 aromatic rings. The lowest BCUT2D eigenvalue weighted by Gasteiger charge is -2.11. The van der Waals surface area contributed by atoms with Crippen molar-refractivity contribution in [2.75, 3.05) is 6.54 Å². The fraction of sp³-hybridized carbons (Fsp3) is 0.286. The number of nitrogens with one attached hydrogen (secondary N) is 1. The quantitative estimate of drug-likeness (QED) is 0.863. The van der Waals surface area contributed by atoms with E-state index in [1.54, 1.807) is 0 Å². The highest BCUT2D eigenvalue weighted by atomic mass is 19.1. The van der Waals surface area contributed by atoms with E-state index in [-0.39, 0.29) is 12.1 Å². The van der Waals surface area contributed by atoms with Crippen molar-refractivity contribution in [3.8, 4) is 0 Å². The monoisotopic (exact) mass is 250 g/mol. The zero-order valence-corrected chi connectivity index (χ0v) is 10.3. The van der Waals surface area contributed by atoms with E-state index >= 15 is 0 Å². The van der Waals surface area contributed by atoms with Crippen molar-refractivity contribution < 1.29 is 8.78 Å². The van der Waals surface area contributed by atoms with Crippen LogP contribution in [0, 0.1) is 11.6 Å². The highest BCUT2D eigenvalue weighted by Gasteiger charge is 2.10. The molecule has 0 atom stereocenters. The van der Waals surface area contributed by atoms with Gasteiger partial charge >= 0.3 is 0 Å². The predicted octanol–water partition coefficient (Wildman–Crippen LogP) is 2.92. The minimum absolute atomic E-state index is 0.103. The van der Waals surface area contributed by atoms with E-state index in [1.807, 2.05) is 29.8 Å². The van der Waals surface area contributed by atoms with Crippen LogP contribution in [0.25, 0.3) is 0 Å². The van der Waals surface area contributed by atoms with Crippen LogP contribution < -0.4 is 5.32 Å². The summed E-state index contributed by atoms with van der Waals surface area (Å²) >= 11 is 0. The van der Waals surface area contributed by atoms with Crippen molar-refractivity contribution in [1.29, 1.82) is 0 Å². The fourth-order valence-corrected chi connectivity index (χ4v) is 1.87. The first kappa shape index (κ1) is 12.8. The number of benzene rings is 1. The Bertz CT molecular complexity index is 500. The molecule has 0 radical (unpaired) electrons. The van der Waals surface area contributed by atoms with Gasteiger partial charge in [0, 0.05) is 24.0 Å². The van der Waals surface area contributed by atoms with E-state index in [9.17, 15) is 8.78 Å². The van der Waals surface area contributed by atoms with Crippen LogP contribution in [0.15, 0.2) is 36.5 Å². The van der Waals surface area contributed by atoms with Crippen LogP contribution in [-0.4, -0.2) is 11.1 Å². The lowest BCUT2D eigenvalue weighted by Crippen LogP contribution is -2.16. The van der Waals surface area contributed by atoms with Crippen molar-refractivity contribution in [3.63, 3.8) is 0 Å². The largest absolute Gasteiger partial charge is 0.346 e. The van der Waals surface area contributed by atoms with Crippen molar-refractivity contribution in [3.05, 3.63) is 59.4 Å². The van der Waals surface area contributed by atoms with Crippen LogP contribution in [0.2, 0.25) is 0 Å². The molecule has 1 N–H and O–H groups in total. The van der Waals surface area contributed by atoms with Crippen LogP contribution in [0.3, 0.4) is 0 Å². The summed E-state index contributed by atoms with van der Waals surface area (Å²) in [7, 11) is 0. The second-order valence-corrected chi connectivity index (χ2v) is 4.11. The fourth-order valence-electron chi connectivity index (χ4n) is 1.87. The number of nitrogens with zero attached hydrogens (tertiary/aromatic N) is 1. The van der Waals surface area contributed by atoms with Crippen molar-refractivity contribution in [1.82, 2.24) is 9.88 Å². The third-order valence-corrected chi connectivity index (χ3v) is 2.87. The summed E-state index contributed by atoms with van der Waals surface area (Å²) in [5.74, 6) is -1.00. The summed E-state index contributed by atoms with van der Waals surface area (Å²) in [6.07, 6.45) is 1.83. The highest BCUT2D eigenvalue weighted by Crippen LogP contribution is 2.15. The second-order valence-electron chi connectivity index (χ2n) is 4.11. The third-order valence-electron chi connectivity index (χ3n) is 2.87. The zero-order valence-electron chi connectivity index (χ0n) is 10.3. The Morgan fingerprint density at radius 1 is 1.11 bits per heavy atom. The maximum atomic E-state index is 13.6. The predicted molar refractivity (Wildman–Crippen MR) is 67.3 cm³/mol. The highest BCUT2D eigenvalue weighted by molar-refractivity contribution is 5.21. The van der Waals surface area contributed by atoms with Crippen LogP contribution in [0.1, 0.15) is 18.2 Å². The average molecular weight is 250 g/mol. The molecular formula is C14H16F2N2. The molecule has 0 amide bonds. The summed E-state index contributed by atoms with van der Waals surface area (Å²) in [6, 6.07) is 7.77. The minimum Gasteiger partial charge on any atom is -0.346 e. The Morgan fingerprint density at radius 2 is 1.83 bits per heavy atom. The van der Waals surface area contributed by atoms with E-state index in [4.69, 9.17) is 0 Å². The van der Waals surface area contributed by atoms with Crippen LogP contribution >= 0.6 is 0 Å². The van der Waals surface area contributed by atoms with E-state index in [0.717, 1.165) is 12.2 Å². The first-order valence-electron chi connectivity index (χ1n) is 6.00. The van der Waals surface area contributed by atoms with E-state index < -0.39 is 11.6 Å². The summed E-state index contributed by atoms with van der Waals surface area (Å²) in [5.41, 5.74) is 1.12. The van der Waals surface area contributed by atoms with Crippen molar-refractivity contribution in [2.24, 2.45) is 0 Å². The molecule has 0 fully saturated rings. The van der Waals surface area contributed by atoms with Gasteiger partial charge in [-0.2, -0.15) is 0 Å².